The van der Waals surface area contributed by atoms with Crippen LogP contribution in [0.5, 0.6) is 5.75 Å². The third-order valence-electron chi connectivity index (χ3n) is 2.42. The Labute approximate surface area is 123 Å². The number of benzene rings is 1. The first-order valence-corrected chi connectivity index (χ1v) is 6.59. The lowest BCUT2D eigenvalue weighted by Crippen LogP contribution is -2.31. The largest absolute Gasteiger partial charge is 0.496 e. The maximum Gasteiger partial charge on any atom is 0.342 e. The minimum absolute atomic E-state index is 0.191. The smallest absolute Gasteiger partial charge is 0.342 e. The summed E-state index contributed by atoms with van der Waals surface area (Å²) in [5, 5.41) is 3.05. The van der Waals surface area contributed by atoms with E-state index in [0.29, 0.717) is 23.2 Å². The van der Waals surface area contributed by atoms with Gasteiger partial charge in [0.15, 0.2) is 6.61 Å². The predicted molar refractivity (Wildman–Crippen MR) is 76.1 cm³/mol. The van der Waals surface area contributed by atoms with E-state index in [9.17, 15) is 9.59 Å². The van der Waals surface area contributed by atoms with Crippen molar-refractivity contribution in [3.63, 3.8) is 0 Å². The molecule has 0 aliphatic heterocycles. The monoisotopic (exact) mass is 299 g/mol. The van der Waals surface area contributed by atoms with Gasteiger partial charge in [0.1, 0.15) is 11.3 Å². The zero-order chi connectivity index (χ0) is 15.1. The first-order valence-electron chi connectivity index (χ1n) is 6.21. The molecule has 0 spiro atoms. The maximum atomic E-state index is 11.9. The van der Waals surface area contributed by atoms with Crippen molar-refractivity contribution in [3.8, 4) is 5.75 Å². The van der Waals surface area contributed by atoms with Gasteiger partial charge in [-0.05, 0) is 24.1 Å². The number of nitrogens with one attached hydrogen (secondary N) is 1. The fraction of sp³-hybridized carbons (Fsp3) is 0.429. The summed E-state index contributed by atoms with van der Waals surface area (Å²) in [4.78, 5) is 23.3. The highest BCUT2D eigenvalue weighted by atomic mass is 35.5. The summed E-state index contributed by atoms with van der Waals surface area (Å²) in [5.74, 6) is -0.304. The predicted octanol–water partition coefficient (Wildman–Crippen LogP) is 2.28. The molecule has 0 atom stereocenters. The van der Waals surface area contributed by atoms with E-state index in [4.69, 9.17) is 21.1 Å². The minimum atomic E-state index is -0.649. The molecule has 0 saturated heterocycles. The average Bonchev–Trinajstić information content (AvgIpc) is 2.42. The Morgan fingerprint density at radius 3 is 2.65 bits per heavy atom. The van der Waals surface area contributed by atoms with Crippen molar-refractivity contribution in [1.82, 2.24) is 5.32 Å². The Balaban J connectivity index is 2.59. The number of ether oxygens (including phenoxy) is 2. The van der Waals surface area contributed by atoms with Crippen LogP contribution in [0.15, 0.2) is 18.2 Å². The Bertz CT molecular complexity index is 488. The Morgan fingerprint density at radius 1 is 1.35 bits per heavy atom. The topological polar surface area (TPSA) is 64.6 Å². The Hall–Kier alpha value is -1.75. The van der Waals surface area contributed by atoms with E-state index in [-0.39, 0.29) is 18.1 Å². The van der Waals surface area contributed by atoms with E-state index >= 15 is 0 Å². The summed E-state index contributed by atoms with van der Waals surface area (Å²) < 4.78 is 9.98. The van der Waals surface area contributed by atoms with Crippen molar-refractivity contribution in [3.05, 3.63) is 28.8 Å². The molecule has 0 radical (unpaired) electrons. The van der Waals surface area contributed by atoms with Crippen molar-refractivity contribution < 1.29 is 19.1 Å². The number of esters is 1. The van der Waals surface area contributed by atoms with Crippen LogP contribution in [0.1, 0.15) is 24.2 Å². The van der Waals surface area contributed by atoms with Gasteiger partial charge in [-0.2, -0.15) is 0 Å². The van der Waals surface area contributed by atoms with Gasteiger partial charge in [0.2, 0.25) is 0 Å². The summed E-state index contributed by atoms with van der Waals surface area (Å²) in [6.45, 7) is 4.16. The highest BCUT2D eigenvalue weighted by Crippen LogP contribution is 2.23. The average molecular weight is 300 g/mol. The van der Waals surface area contributed by atoms with Gasteiger partial charge in [0.25, 0.3) is 5.91 Å². The summed E-state index contributed by atoms with van der Waals surface area (Å²) in [5.41, 5.74) is 0.191. The molecular formula is C14H18ClNO4. The van der Waals surface area contributed by atoms with Crippen molar-refractivity contribution in [1.29, 1.82) is 0 Å². The van der Waals surface area contributed by atoms with E-state index in [1.807, 2.05) is 13.8 Å². The van der Waals surface area contributed by atoms with Crippen LogP contribution in [0.4, 0.5) is 0 Å². The van der Waals surface area contributed by atoms with Crippen molar-refractivity contribution in [2.24, 2.45) is 5.92 Å². The van der Waals surface area contributed by atoms with Gasteiger partial charge in [-0.15, -0.1) is 0 Å². The van der Waals surface area contributed by atoms with Gasteiger partial charge in [-0.25, -0.2) is 4.79 Å². The molecule has 1 rings (SSSR count). The SMILES string of the molecule is COc1ccc(Cl)cc1C(=O)OCC(=O)NCC(C)C. The third-order valence-corrected chi connectivity index (χ3v) is 2.66. The summed E-state index contributed by atoms with van der Waals surface area (Å²) in [7, 11) is 1.44. The van der Waals surface area contributed by atoms with E-state index in [1.54, 1.807) is 12.1 Å². The highest BCUT2D eigenvalue weighted by Gasteiger charge is 2.15. The minimum Gasteiger partial charge on any atom is -0.496 e. The molecule has 0 fully saturated rings. The van der Waals surface area contributed by atoms with Gasteiger partial charge in [-0.3, -0.25) is 4.79 Å². The molecule has 0 aliphatic rings. The van der Waals surface area contributed by atoms with Crippen LogP contribution >= 0.6 is 11.6 Å². The Kier molecular flexibility index (Phi) is 6.31. The number of rotatable bonds is 6. The lowest BCUT2D eigenvalue weighted by molar-refractivity contribution is -0.124. The van der Waals surface area contributed by atoms with E-state index < -0.39 is 5.97 Å². The second-order valence-electron chi connectivity index (χ2n) is 4.62. The molecule has 6 heteroatoms. The number of hydrogen-bond donors (Lipinski definition) is 1. The molecule has 110 valence electrons. The third kappa shape index (κ3) is 5.09. The normalized spacial score (nSPS) is 10.2. The molecule has 0 aliphatic carbocycles. The zero-order valence-electron chi connectivity index (χ0n) is 11.7. The highest BCUT2D eigenvalue weighted by molar-refractivity contribution is 6.31. The molecule has 0 aromatic heterocycles. The lowest BCUT2D eigenvalue weighted by Gasteiger charge is -2.10. The quantitative estimate of drug-likeness (QED) is 0.819. The molecule has 5 nitrogen and oxygen atoms in total. The Morgan fingerprint density at radius 2 is 2.05 bits per heavy atom. The summed E-state index contributed by atoms with van der Waals surface area (Å²) in [6.07, 6.45) is 0. The molecule has 1 N–H and O–H groups in total. The van der Waals surface area contributed by atoms with Crippen LogP contribution in [0.3, 0.4) is 0 Å². The van der Waals surface area contributed by atoms with Crippen LogP contribution in [0, 0.1) is 5.92 Å². The zero-order valence-corrected chi connectivity index (χ0v) is 12.5. The van der Waals surface area contributed by atoms with E-state index in [0.717, 1.165) is 0 Å². The lowest BCUT2D eigenvalue weighted by atomic mass is 10.2. The van der Waals surface area contributed by atoms with Gasteiger partial charge < -0.3 is 14.8 Å². The number of methoxy groups -OCH3 is 1. The molecule has 20 heavy (non-hydrogen) atoms. The molecule has 0 saturated carbocycles. The second-order valence-corrected chi connectivity index (χ2v) is 5.06. The second kappa shape index (κ2) is 7.75. The van der Waals surface area contributed by atoms with Crippen molar-refractivity contribution >= 4 is 23.5 Å². The van der Waals surface area contributed by atoms with Gasteiger partial charge >= 0.3 is 5.97 Å². The van der Waals surface area contributed by atoms with Gasteiger partial charge in [0, 0.05) is 11.6 Å². The molecule has 0 heterocycles. The van der Waals surface area contributed by atoms with Crippen LogP contribution in [0.25, 0.3) is 0 Å². The van der Waals surface area contributed by atoms with Crippen molar-refractivity contribution in [2.45, 2.75) is 13.8 Å². The molecule has 1 aromatic carbocycles. The number of carbonyl (C=O) groups is 2. The first-order chi connectivity index (χ1) is 9.43. The van der Waals surface area contributed by atoms with Crippen LogP contribution in [-0.2, 0) is 9.53 Å². The molecular weight excluding hydrogens is 282 g/mol. The standard InChI is InChI=1S/C14H18ClNO4/c1-9(2)7-16-13(17)8-20-14(18)11-6-10(15)4-5-12(11)19-3/h4-6,9H,7-8H2,1-3H3,(H,16,17). The van der Waals surface area contributed by atoms with Crippen LogP contribution < -0.4 is 10.1 Å². The first kappa shape index (κ1) is 16.3. The number of amides is 1. The fourth-order valence-corrected chi connectivity index (χ4v) is 1.59. The van der Waals surface area contributed by atoms with E-state index in [2.05, 4.69) is 5.32 Å². The number of hydrogen-bond acceptors (Lipinski definition) is 4. The molecule has 1 aromatic rings. The van der Waals surface area contributed by atoms with Crippen molar-refractivity contribution in [2.75, 3.05) is 20.3 Å². The van der Waals surface area contributed by atoms with Gasteiger partial charge in [0.05, 0.1) is 7.11 Å². The van der Waals surface area contributed by atoms with Crippen LogP contribution in [-0.4, -0.2) is 32.1 Å². The number of halogens is 1. The molecule has 1 amide bonds. The fourth-order valence-electron chi connectivity index (χ4n) is 1.42. The molecule has 0 unspecified atom stereocenters. The molecule has 0 bridgehead atoms. The van der Waals surface area contributed by atoms with E-state index in [1.165, 1.54) is 13.2 Å². The number of carbonyl (C=O) groups excluding carboxylic acids is 2. The maximum absolute atomic E-state index is 11.9. The van der Waals surface area contributed by atoms with Crippen LogP contribution in [0.2, 0.25) is 5.02 Å². The van der Waals surface area contributed by atoms with Gasteiger partial charge in [-0.1, -0.05) is 25.4 Å². The summed E-state index contributed by atoms with van der Waals surface area (Å²) in [6, 6.07) is 4.61. The summed E-state index contributed by atoms with van der Waals surface area (Å²) >= 11 is 5.82.